The van der Waals surface area contributed by atoms with Gasteiger partial charge in [-0.05, 0) is 18.6 Å². The molecule has 0 radical (unpaired) electrons. The highest BCUT2D eigenvalue weighted by molar-refractivity contribution is 5.99. The van der Waals surface area contributed by atoms with Crippen molar-refractivity contribution in [3.63, 3.8) is 0 Å². The first-order chi connectivity index (χ1) is 10.3. The average Bonchev–Trinajstić information content (AvgIpc) is 2.49. The molecule has 0 fully saturated rings. The van der Waals surface area contributed by atoms with Crippen molar-refractivity contribution in [3.05, 3.63) is 42.2 Å². The monoisotopic (exact) mass is 284 g/mol. The SMILES string of the molecule is CCOc1cc(N[C@H]2Cc3ccccc3NC2=O)ncn1. The second kappa shape index (κ2) is 5.78. The van der Waals surface area contributed by atoms with E-state index >= 15 is 0 Å². The van der Waals surface area contributed by atoms with Gasteiger partial charge >= 0.3 is 0 Å². The standard InChI is InChI=1S/C15H16N4O2/c1-2-21-14-8-13(16-9-17-14)18-12-7-10-5-3-4-6-11(10)19-15(12)20/h3-6,8-9,12H,2,7H2,1H3,(H,19,20)(H,16,17,18)/t12-/m0/s1. The third-order valence-corrected chi connectivity index (χ3v) is 3.27. The molecule has 2 N–H and O–H groups in total. The van der Waals surface area contributed by atoms with Gasteiger partial charge in [0.2, 0.25) is 11.8 Å². The first-order valence-corrected chi connectivity index (χ1v) is 6.86. The molecule has 0 aliphatic carbocycles. The smallest absolute Gasteiger partial charge is 0.247 e. The van der Waals surface area contributed by atoms with Crippen molar-refractivity contribution >= 4 is 17.4 Å². The summed E-state index contributed by atoms with van der Waals surface area (Å²) in [6.07, 6.45) is 2.04. The van der Waals surface area contributed by atoms with E-state index in [-0.39, 0.29) is 11.9 Å². The fourth-order valence-electron chi connectivity index (χ4n) is 2.29. The number of aromatic nitrogens is 2. The van der Waals surface area contributed by atoms with E-state index in [0.29, 0.717) is 24.7 Å². The van der Waals surface area contributed by atoms with Gasteiger partial charge in [-0.15, -0.1) is 0 Å². The van der Waals surface area contributed by atoms with Crippen LogP contribution in [-0.2, 0) is 11.2 Å². The van der Waals surface area contributed by atoms with Crippen molar-refractivity contribution in [2.45, 2.75) is 19.4 Å². The molecular formula is C15H16N4O2. The lowest BCUT2D eigenvalue weighted by Crippen LogP contribution is -2.40. The van der Waals surface area contributed by atoms with Gasteiger partial charge in [-0.25, -0.2) is 9.97 Å². The topological polar surface area (TPSA) is 76.1 Å². The predicted molar refractivity (Wildman–Crippen MR) is 79.4 cm³/mol. The van der Waals surface area contributed by atoms with E-state index in [2.05, 4.69) is 20.6 Å². The van der Waals surface area contributed by atoms with Gasteiger partial charge in [-0.3, -0.25) is 4.79 Å². The Morgan fingerprint density at radius 2 is 2.24 bits per heavy atom. The number of para-hydroxylation sites is 1. The fourth-order valence-corrected chi connectivity index (χ4v) is 2.29. The number of hydrogen-bond donors (Lipinski definition) is 2. The zero-order chi connectivity index (χ0) is 14.7. The van der Waals surface area contributed by atoms with Crippen LogP contribution in [-0.4, -0.2) is 28.5 Å². The van der Waals surface area contributed by atoms with E-state index in [0.717, 1.165) is 11.3 Å². The molecule has 21 heavy (non-hydrogen) atoms. The van der Waals surface area contributed by atoms with Gasteiger partial charge in [0, 0.05) is 18.2 Å². The van der Waals surface area contributed by atoms with Gasteiger partial charge in [0.05, 0.1) is 6.61 Å². The first-order valence-electron chi connectivity index (χ1n) is 6.86. The lowest BCUT2D eigenvalue weighted by Gasteiger charge is -2.25. The maximum Gasteiger partial charge on any atom is 0.247 e. The number of fused-ring (bicyclic) bond motifs is 1. The molecule has 6 heteroatoms. The summed E-state index contributed by atoms with van der Waals surface area (Å²) >= 11 is 0. The maximum atomic E-state index is 12.1. The number of rotatable bonds is 4. The van der Waals surface area contributed by atoms with E-state index in [1.165, 1.54) is 6.33 Å². The number of carbonyl (C=O) groups is 1. The molecule has 0 saturated heterocycles. The molecule has 108 valence electrons. The van der Waals surface area contributed by atoms with Gasteiger partial charge in [-0.2, -0.15) is 0 Å². The van der Waals surface area contributed by atoms with E-state index in [1.807, 2.05) is 31.2 Å². The van der Waals surface area contributed by atoms with Crippen molar-refractivity contribution in [3.8, 4) is 5.88 Å². The molecular weight excluding hydrogens is 268 g/mol. The first kappa shape index (κ1) is 13.4. The van der Waals surface area contributed by atoms with Crippen LogP contribution < -0.4 is 15.4 Å². The molecule has 6 nitrogen and oxygen atoms in total. The lowest BCUT2D eigenvalue weighted by molar-refractivity contribution is -0.117. The number of nitrogens with zero attached hydrogens (tertiary/aromatic N) is 2. The summed E-state index contributed by atoms with van der Waals surface area (Å²) < 4.78 is 5.33. The van der Waals surface area contributed by atoms with Crippen LogP contribution in [0.1, 0.15) is 12.5 Å². The molecule has 0 bridgehead atoms. The molecule has 1 aromatic heterocycles. The van der Waals surface area contributed by atoms with Crippen LogP contribution in [0.3, 0.4) is 0 Å². The summed E-state index contributed by atoms with van der Waals surface area (Å²) in [5.74, 6) is 1.00. The molecule has 1 aliphatic rings. The van der Waals surface area contributed by atoms with Crippen LogP contribution in [0, 0.1) is 0 Å². The molecule has 1 amide bonds. The Morgan fingerprint density at radius 1 is 1.38 bits per heavy atom. The van der Waals surface area contributed by atoms with Gasteiger partial charge in [0.1, 0.15) is 18.2 Å². The zero-order valence-electron chi connectivity index (χ0n) is 11.7. The Balaban J connectivity index is 1.76. The minimum atomic E-state index is -0.357. The molecule has 1 aromatic carbocycles. The van der Waals surface area contributed by atoms with E-state index < -0.39 is 0 Å². The number of anilines is 2. The van der Waals surface area contributed by atoms with Crippen LogP contribution in [0.4, 0.5) is 11.5 Å². The highest BCUT2D eigenvalue weighted by Crippen LogP contribution is 2.23. The van der Waals surface area contributed by atoms with Crippen LogP contribution in [0.15, 0.2) is 36.7 Å². The summed E-state index contributed by atoms with van der Waals surface area (Å²) in [5.41, 5.74) is 1.98. The largest absolute Gasteiger partial charge is 0.478 e. The van der Waals surface area contributed by atoms with Crippen LogP contribution in [0.5, 0.6) is 5.88 Å². The summed E-state index contributed by atoms with van der Waals surface area (Å²) in [6, 6.07) is 9.12. The molecule has 0 saturated carbocycles. The van der Waals surface area contributed by atoms with Gasteiger partial charge in [0.15, 0.2) is 0 Å². The van der Waals surface area contributed by atoms with Crippen molar-refractivity contribution in [1.82, 2.24) is 9.97 Å². The van der Waals surface area contributed by atoms with E-state index in [9.17, 15) is 4.79 Å². The third-order valence-electron chi connectivity index (χ3n) is 3.27. The van der Waals surface area contributed by atoms with Gasteiger partial charge in [0.25, 0.3) is 0 Å². The number of carbonyl (C=O) groups excluding carboxylic acids is 1. The zero-order valence-corrected chi connectivity index (χ0v) is 11.7. The summed E-state index contributed by atoms with van der Waals surface area (Å²) in [5, 5.41) is 6.02. The summed E-state index contributed by atoms with van der Waals surface area (Å²) in [4.78, 5) is 20.3. The number of ether oxygens (including phenoxy) is 1. The number of hydrogen-bond acceptors (Lipinski definition) is 5. The second-order valence-electron chi connectivity index (χ2n) is 4.72. The third kappa shape index (κ3) is 2.94. The van der Waals surface area contributed by atoms with E-state index in [4.69, 9.17) is 4.74 Å². The fraction of sp³-hybridized carbons (Fsp3) is 0.267. The Labute approximate surface area is 122 Å². The number of nitrogens with one attached hydrogen (secondary N) is 2. The lowest BCUT2D eigenvalue weighted by atomic mass is 9.99. The van der Waals surface area contributed by atoms with Crippen LogP contribution >= 0.6 is 0 Å². The van der Waals surface area contributed by atoms with Crippen molar-refractivity contribution < 1.29 is 9.53 Å². The maximum absolute atomic E-state index is 12.1. The number of amides is 1. The Hall–Kier alpha value is -2.63. The Bertz CT molecular complexity index is 660. The summed E-state index contributed by atoms with van der Waals surface area (Å²) in [7, 11) is 0. The molecule has 1 atom stereocenters. The predicted octanol–water partition coefficient (Wildman–Crippen LogP) is 1.85. The minimum Gasteiger partial charge on any atom is -0.478 e. The second-order valence-corrected chi connectivity index (χ2v) is 4.72. The molecule has 2 aromatic rings. The Morgan fingerprint density at radius 3 is 3.10 bits per heavy atom. The molecule has 1 aliphatic heterocycles. The highest BCUT2D eigenvalue weighted by Gasteiger charge is 2.26. The summed E-state index contributed by atoms with van der Waals surface area (Å²) in [6.45, 7) is 2.43. The Kier molecular flexibility index (Phi) is 3.68. The van der Waals surface area contributed by atoms with Crippen molar-refractivity contribution in [1.29, 1.82) is 0 Å². The number of benzene rings is 1. The molecule has 0 unspecified atom stereocenters. The normalized spacial score (nSPS) is 16.8. The van der Waals surface area contributed by atoms with Crippen LogP contribution in [0.25, 0.3) is 0 Å². The average molecular weight is 284 g/mol. The van der Waals surface area contributed by atoms with Crippen molar-refractivity contribution in [2.75, 3.05) is 17.2 Å². The molecule has 3 rings (SSSR count). The van der Waals surface area contributed by atoms with Gasteiger partial charge in [-0.1, -0.05) is 18.2 Å². The quantitative estimate of drug-likeness (QED) is 0.896. The molecule has 2 heterocycles. The van der Waals surface area contributed by atoms with E-state index in [1.54, 1.807) is 6.07 Å². The van der Waals surface area contributed by atoms with Crippen LogP contribution in [0.2, 0.25) is 0 Å². The molecule has 0 spiro atoms. The minimum absolute atomic E-state index is 0.0646. The van der Waals surface area contributed by atoms with Gasteiger partial charge < -0.3 is 15.4 Å². The van der Waals surface area contributed by atoms with Crippen molar-refractivity contribution in [2.24, 2.45) is 0 Å². The highest BCUT2D eigenvalue weighted by atomic mass is 16.5.